The second-order valence-electron chi connectivity index (χ2n) is 9.13. The minimum Gasteiger partial charge on any atom is -0.207 e. The first kappa shape index (κ1) is 27.2. The molecule has 0 unspecified atom stereocenters. The maximum absolute atomic E-state index is 12.7. The van der Waals surface area contributed by atoms with Crippen LogP contribution in [-0.2, 0) is 20.0 Å². The summed E-state index contributed by atoms with van der Waals surface area (Å²) in [6, 6.07) is 13.5. The van der Waals surface area contributed by atoms with Crippen LogP contribution in [0.4, 0.5) is 0 Å². The van der Waals surface area contributed by atoms with Gasteiger partial charge in [-0.3, -0.25) is 0 Å². The molecule has 0 saturated heterocycles. The monoisotopic (exact) mass is 516 g/mol. The van der Waals surface area contributed by atoms with Gasteiger partial charge in [0.1, 0.15) is 0 Å². The van der Waals surface area contributed by atoms with E-state index in [1.807, 2.05) is 41.5 Å². The summed E-state index contributed by atoms with van der Waals surface area (Å²) in [6.07, 6.45) is 0. The summed E-state index contributed by atoms with van der Waals surface area (Å²) >= 11 is 0. The Morgan fingerprint density at radius 3 is 1.19 bits per heavy atom. The van der Waals surface area contributed by atoms with Crippen molar-refractivity contribution < 1.29 is 16.8 Å². The molecule has 0 saturated carbocycles. The van der Waals surface area contributed by atoms with E-state index in [2.05, 4.69) is 9.44 Å². The van der Waals surface area contributed by atoms with Gasteiger partial charge in [0.15, 0.2) is 0 Å². The molecule has 0 heterocycles. The van der Waals surface area contributed by atoms with Crippen LogP contribution in [0, 0.1) is 13.8 Å². The van der Waals surface area contributed by atoms with Crippen molar-refractivity contribution in [1.29, 1.82) is 0 Å². The van der Waals surface area contributed by atoms with Gasteiger partial charge in [-0.2, -0.15) is 0 Å². The van der Waals surface area contributed by atoms with Crippen molar-refractivity contribution in [3.05, 3.63) is 59.7 Å². The molecule has 2 aromatic carbocycles. The molecule has 32 heavy (non-hydrogen) atoms. The van der Waals surface area contributed by atoms with Crippen LogP contribution >= 0.6 is 21.6 Å². The maximum atomic E-state index is 12.7. The van der Waals surface area contributed by atoms with E-state index >= 15 is 0 Å². The Kier molecular flexibility index (Phi) is 8.91. The van der Waals surface area contributed by atoms with Gasteiger partial charge in [0.05, 0.1) is 9.79 Å². The third kappa shape index (κ3) is 8.39. The Bertz CT molecular complexity index is 1020. The van der Waals surface area contributed by atoms with Crippen LogP contribution in [0.1, 0.15) is 38.8 Å². The molecule has 0 fully saturated rings. The van der Waals surface area contributed by atoms with E-state index in [0.717, 1.165) is 11.1 Å². The zero-order valence-electron chi connectivity index (χ0n) is 19.3. The first-order chi connectivity index (χ1) is 14.6. The van der Waals surface area contributed by atoms with E-state index in [4.69, 9.17) is 0 Å². The zero-order chi connectivity index (χ0) is 24.2. The van der Waals surface area contributed by atoms with Crippen molar-refractivity contribution in [2.45, 2.75) is 62.4 Å². The summed E-state index contributed by atoms with van der Waals surface area (Å²) in [7, 11) is -4.24. The minimum absolute atomic E-state index is 0.237. The lowest BCUT2D eigenvalue weighted by atomic mass is 10.1. The van der Waals surface area contributed by atoms with Crippen molar-refractivity contribution in [2.75, 3.05) is 11.5 Å². The van der Waals surface area contributed by atoms with Gasteiger partial charge < -0.3 is 0 Å². The Balaban J connectivity index is 1.89. The predicted molar refractivity (Wildman–Crippen MR) is 136 cm³/mol. The van der Waals surface area contributed by atoms with Gasteiger partial charge >= 0.3 is 0 Å². The van der Waals surface area contributed by atoms with Crippen LogP contribution in [-0.4, -0.2) is 39.4 Å². The fourth-order valence-electron chi connectivity index (χ4n) is 2.72. The largest absolute Gasteiger partial charge is 0.241 e. The number of benzene rings is 2. The second kappa shape index (κ2) is 10.5. The van der Waals surface area contributed by atoms with E-state index < -0.39 is 31.1 Å². The highest BCUT2D eigenvalue weighted by molar-refractivity contribution is 8.76. The van der Waals surface area contributed by atoms with Crippen molar-refractivity contribution in [2.24, 2.45) is 0 Å². The van der Waals surface area contributed by atoms with Gasteiger partial charge in [0.25, 0.3) is 0 Å². The molecule has 0 spiro atoms. The molecule has 0 radical (unpaired) electrons. The molecular formula is C22H32N2O4S4. The molecule has 0 bridgehead atoms. The number of hydrogen-bond acceptors (Lipinski definition) is 6. The Labute approximate surface area is 200 Å². The molecule has 0 aliphatic heterocycles. The van der Waals surface area contributed by atoms with Crippen molar-refractivity contribution in [3.63, 3.8) is 0 Å². The van der Waals surface area contributed by atoms with Crippen molar-refractivity contribution in [1.82, 2.24) is 9.44 Å². The smallest absolute Gasteiger partial charge is 0.207 e. The van der Waals surface area contributed by atoms with Crippen molar-refractivity contribution >= 4 is 41.6 Å². The van der Waals surface area contributed by atoms with Gasteiger partial charge in [-0.25, -0.2) is 26.3 Å². The molecule has 2 rings (SSSR count). The highest BCUT2D eigenvalue weighted by Gasteiger charge is 2.29. The summed E-state index contributed by atoms with van der Waals surface area (Å²) in [5.41, 5.74) is 0.645. The van der Waals surface area contributed by atoms with Gasteiger partial charge in [0, 0.05) is 22.6 Å². The lowest BCUT2D eigenvalue weighted by Crippen LogP contribution is -2.46. The molecule has 10 heteroatoms. The van der Waals surface area contributed by atoms with E-state index in [9.17, 15) is 16.8 Å². The fraction of sp³-hybridized carbons (Fsp3) is 0.455. The lowest BCUT2D eigenvalue weighted by molar-refractivity contribution is 0.496. The molecule has 178 valence electrons. The quantitative estimate of drug-likeness (QED) is 0.338. The zero-order valence-corrected chi connectivity index (χ0v) is 22.6. The molecule has 2 aromatic rings. The Hall–Kier alpha value is -1.04. The molecule has 0 amide bonds. The molecule has 0 aliphatic rings. The average molecular weight is 517 g/mol. The van der Waals surface area contributed by atoms with Gasteiger partial charge in [-0.1, -0.05) is 57.0 Å². The van der Waals surface area contributed by atoms with Crippen LogP contribution in [0.2, 0.25) is 0 Å². The average Bonchev–Trinajstić information content (AvgIpc) is 2.64. The molecule has 0 aromatic heterocycles. The fourth-order valence-corrected chi connectivity index (χ4v) is 8.89. The second-order valence-corrected chi connectivity index (χ2v) is 15.0. The van der Waals surface area contributed by atoms with Crippen LogP contribution in [0.25, 0.3) is 0 Å². The lowest BCUT2D eigenvalue weighted by Gasteiger charge is -2.28. The van der Waals surface area contributed by atoms with E-state index in [0.29, 0.717) is 11.5 Å². The highest BCUT2D eigenvalue weighted by Crippen LogP contribution is 2.30. The number of aryl methyl sites for hydroxylation is 2. The highest BCUT2D eigenvalue weighted by atomic mass is 33.1. The Morgan fingerprint density at radius 2 is 0.906 bits per heavy atom. The van der Waals surface area contributed by atoms with E-state index in [1.165, 1.54) is 21.6 Å². The van der Waals surface area contributed by atoms with Crippen molar-refractivity contribution in [3.8, 4) is 0 Å². The molecule has 0 aliphatic carbocycles. The van der Waals surface area contributed by atoms with Gasteiger partial charge in [-0.05, 0) is 65.8 Å². The van der Waals surface area contributed by atoms with Crippen LogP contribution in [0.3, 0.4) is 0 Å². The van der Waals surface area contributed by atoms with Crippen LogP contribution in [0.5, 0.6) is 0 Å². The summed E-state index contributed by atoms with van der Waals surface area (Å²) in [6.45, 7) is 11.1. The van der Waals surface area contributed by atoms with Crippen LogP contribution in [0.15, 0.2) is 58.3 Å². The van der Waals surface area contributed by atoms with E-state index in [1.54, 1.807) is 48.5 Å². The Morgan fingerprint density at radius 1 is 0.625 bits per heavy atom. The summed E-state index contributed by atoms with van der Waals surface area (Å²) in [5.74, 6) is 1.03. The molecular weight excluding hydrogens is 485 g/mol. The third-order valence-corrected chi connectivity index (χ3v) is 10.9. The first-order valence-electron chi connectivity index (χ1n) is 10.1. The summed E-state index contributed by atoms with van der Waals surface area (Å²) in [5, 5.41) is 0. The number of nitrogens with one attached hydrogen (secondary N) is 2. The number of rotatable bonds is 11. The number of sulfonamides is 2. The van der Waals surface area contributed by atoms with E-state index in [-0.39, 0.29) is 9.79 Å². The normalized spacial score (nSPS) is 13.3. The summed E-state index contributed by atoms with van der Waals surface area (Å²) in [4.78, 5) is 0.473. The minimum atomic E-state index is -3.62. The number of hydrogen-bond donors (Lipinski definition) is 2. The topological polar surface area (TPSA) is 92.3 Å². The molecule has 0 atom stereocenters. The third-order valence-electron chi connectivity index (χ3n) is 4.41. The standard InChI is InChI=1S/C22H32N2O4S4/c1-17-7-11-19(12-8-17)31(25,26)23-21(3,4)15-29-30-16-22(5,6)24-32(27,28)20-13-9-18(2)10-14-20/h7-14,23-24H,15-16H2,1-6H3. The molecule has 6 nitrogen and oxygen atoms in total. The van der Waals surface area contributed by atoms with Crippen LogP contribution < -0.4 is 9.44 Å². The molecule has 2 N–H and O–H groups in total. The van der Waals surface area contributed by atoms with Gasteiger partial charge in [0.2, 0.25) is 20.0 Å². The summed E-state index contributed by atoms with van der Waals surface area (Å²) < 4.78 is 56.2. The van der Waals surface area contributed by atoms with Gasteiger partial charge in [-0.15, -0.1) is 0 Å². The maximum Gasteiger partial charge on any atom is 0.241 e. The first-order valence-corrected chi connectivity index (χ1v) is 15.5. The predicted octanol–water partition coefficient (Wildman–Crippen LogP) is 4.50. The SMILES string of the molecule is Cc1ccc(S(=O)(=O)NC(C)(C)CSSCC(C)(C)NS(=O)(=O)c2ccc(C)cc2)cc1.